The Hall–Kier alpha value is -0.830. The van der Waals surface area contributed by atoms with Gasteiger partial charge in [0.05, 0.1) is 6.61 Å². The highest BCUT2D eigenvalue weighted by Gasteiger charge is 2.35. The van der Waals surface area contributed by atoms with Crippen LogP contribution in [0.3, 0.4) is 0 Å². The maximum atomic E-state index is 11.7. The van der Waals surface area contributed by atoms with Crippen LogP contribution in [0.5, 0.6) is 0 Å². The quantitative estimate of drug-likeness (QED) is 0.732. The van der Waals surface area contributed by atoms with Crippen LogP contribution < -0.4 is 0 Å². The number of carbonyl (C=O) groups excluding carboxylic acids is 1. The van der Waals surface area contributed by atoms with E-state index < -0.39 is 0 Å². The highest BCUT2D eigenvalue weighted by molar-refractivity contribution is 7.14. The van der Waals surface area contributed by atoms with Crippen molar-refractivity contribution in [1.29, 1.82) is 0 Å². The van der Waals surface area contributed by atoms with E-state index in [1.54, 1.807) is 11.3 Å². The Morgan fingerprint density at radius 3 is 2.69 bits per heavy atom. The molecule has 0 atom stereocenters. The Kier molecular flexibility index (Phi) is 2.51. The van der Waals surface area contributed by atoms with Gasteiger partial charge < -0.3 is 4.74 Å². The smallest absolute Gasteiger partial charge is 0.348 e. The minimum atomic E-state index is -0.138. The van der Waals surface area contributed by atoms with E-state index in [0.29, 0.717) is 6.61 Å². The SMILES string of the molecule is CCOC(=O)c1cc2c(s1)C1CCC2CC1. The molecule has 1 saturated carbocycles. The Morgan fingerprint density at radius 2 is 2.06 bits per heavy atom. The predicted molar refractivity (Wildman–Crippen MR) is 64.2 cm³/mol. The lowest BCUT2D eigenvalue weighted by molar-refractivity contribution is 0.0532. The van der Waals surface area contributed by atoms with Crippen molar-refractivity contribution >= 4 is 17.3 Å². The summed E-state index contributed by atoms with van der Waals surface area (Å²) in [6.07, 6.45) is 5.27. The van der Waals surface area contributed by atoms with E-state index in [0.717, 1.165) is 16.7 Å². The third-order valence-electron chi connectivity index (χ3n) is 3.81. The lowest BCUT2D eigenvalue weighted by atomic mass is 9.71. The second kappa shape index (κ2) is 3.88. The van der Waals surface area contributed by atoms with Gasteiger partial charge in [-0.2, -0.15) is 0 Å². The zero-order chi connectivity index (χ0) is 11.1. The number of thiophene rings is 1. The number of esters is 1. The molecule has 0 amide bonds. The zero-order valence-electron chi connectivity index (χ0n) is 9.49. The van der Waals surface area contributed by atoms with Gasteiger partial charge >= 0.3 is 5.97 Å². The highest BCUT2D eigenvalue weighted by atomic mass is 32.1. The third kappa shape index (κ3) is 1.49. The summed E-state index contributed by atoms with van der Waals surface area (Å²) < 4.78 is 5.07. The minimum Gasteiger partial charge on any atom is -0.462 e. The molecule has 0 N–H and O–H groups in total. The molecule has 0 aromatic carbocycles. The molecule has 0 aliphatic heterocycles. The summed E-state index contributed by atoms with van der Waals surface area (Å²) in [6, 6.07) is 2.09. The van der Waals surface area contributed by atoms with Crippen molar-refractivity contribution in [2.24, 2.45) is 0 Å². The topological polar surface area (TPSA) is 26.3 Å². The molecule has 2 nitrogen and oxygen atoms in total. The van der Waals surface area contributed by atoms with E-state index in [4.69, 9.17) is 4.74 Å². The molecule has 3 aliphatic rings. The molecule has 3 aliphatic carbocycles. The van der Waals surface area contributed by atoms with Crippen LogP contribution in [-0.2, 0) is 4.74 Å². The molecule has 1 aromatic heterocycles. The number of fused-ring (bicyclic) bond motifs is 2. The summed E-state index contributed by atoms with van der Waals surface area (Å²) in [7, 11) is 0. The summed E-state index contributed by atoms with van der Waals surface area (Å²) in [5, 5.41) is 0. The fourth-order valence-corrected chi connectivity index (χ4v) is 4.34. The van der Waals surface area contributed by atoms with E-state index in [1.807, 2.05) is 6.92 Å². The summed E-state index contributed by atoms with van der Waals surface area (Å²) in [4.78, 5) is 14.0. The first-order chi connectivity index (χ1) is 7.79. The van der Waals surface area contributed by atoms with Crippen LogP contribution >= 0.6 is 11.3 Å². The van der Waals surface area contributed by atoms with Gasteiger partial charge in [0, 0.05) is 4.88 Å². The summed E-state index contributed by atoms with van der Waals surface area (Å²) in [6.45, 7) is 2.32. The molecule has 1 aromatic rings. The minimum absolute atomic E-state index is 0.138. The molecule has 0 saturated heterocycles. The van der Waals surface area contributed by atoms with Crippen LogP contribution in [-0.4, -0.2) is 12.6 Å². The number of rotatable bonds is 2. The van der Waals surface area contributed by atoms with E-state index in [1.165, 1.54) is 36.1 Å². The van der Waals surface area contributed by atoms with Gasteiger partial charge in [0.25, 0.3) is 0 Å². The highest BCUT2D eigenvalue weighted by Crippen LogP contribution is 2.52. The van der Waals surface area contributed by atoms with Gasteiger partial charge in [-0.3, -0.25) is 0 Å². The third-order valence-corrected chi connectivity index (χ3v) is 5.10. The van der Waals surface area contributed by atoms with Crippen molar-refractivity contribution in [3.05, 3.63) is 21.4 Å². The standard InChI is InChI=1S/C13H16O2S/c1-2-15-13(14)11-7-10-8-3-5-9(6-4-8)12(10)16-11/h7-9H,2-6H2,1H3. The van der Waals surface area contributed by atoms with Gasteiger partial charge in [-0.1, -0.05) is 0 Å². The molecule has 0 radical (unpaired) electrons. The Morgan fingerprint density at radius 1 is 1.38 bits per heavy atom. The first kappa shape index (κ1) is 10.3. The molecular formula is C13H16O2S. The van der Waals surface area contributed by atoms with Gasteiger partial charge in [-0.15, -0.1) is 11.3 Å². The number of carbonyl (C=O) groups is 1. The van der Waals surface area contributed by atoms with Gasteiger partial charge in [-0.25, -0.2) is 4.79 Å². The van der Waals surface area contributed by atoms with Crippen LogP contribution in [0, 0.1) is 0 Å². The number of hydrogen-bond donors (Lipinski definition) is 0. The fourth-order valence-electron chi connectivity index (χ4n) is 3.03. The Labute approximate surface area is 99.6 Å². The van der Waals surface area contributed by atoms with Gasteiger partial charge in [0.1, 0.15) is 4.88 Å². The molecule has 0 unspecified atom stereocenters. The maximum absolute atomic E-state index is 11.7. The molecule has 16 heavy (non-hydrogen) atoms. The monoisotopic (exact) mass is 236 g/mol. The molecule has 1 heterocycles. The molecule has 0 spiro atoms. The van der Waals surface area contributed by atoms with Crippen molar-refractivity contribution in [1.82, 2.24) is 0 Å². The first-order valence-corrected chi connectivity index (χ1v) is 6.92. The van der Waals surface area contributed by atoms with Crippen LogP contribution in [0.15, 0.2) is 6.07 Å². The molecule has 86 valence electrons. The van der Waals surface area contributed by atoms with Crippen LogP contribution in [0.2, 0.25) is 0 Å². The number of hydrogen-bond acceptors (Lipinski definition) is 3. The van der Waals surface area contributed by atoms with Crippen LogP contribution in [0.1, 0.15) is 64.6 Å². The van der Waals surface area contributed by atoms with E-state index in [9.17, 15) is 4.79 Å². The first-order valence-electron chi connectivity index (χ1n) is 6.10. The van der Waals surface area contributed by atoms with E-state index in [-0.39, 0.29) is 5.97 Å². The molecule has 2 bridgehead atoms. The predicted octanol–water partition coefficient (Wildman–Crippen LogP) is 3.68. The van der Waals surface area contributed by atoms with Crippen molar-refractivity contribution < 1.29 is 9.53 Å². The van der Waals surface area contributed by atoms with Crippen molar-refractivity contribution in [3.8, 4) is 0 Å². The average Bonchev–Trinajstić information content (AvgIpc) is 2.77. The van der Waals surface area contributed by atoms with Gasteiger partial charge in [-0.05, 0) is 56.1 Å². The van der Waals surface area contributed by atoms with Crippen molar-refractivity contribution in [3.63, 3.8) is 0 Å². The Balaban J connectivity index is 1.94. The lowest BCUT2D eigenvalue weighted by Gasteiger charge is -2.35. The fraction of sp³-hybridized carbons (Fsp3) is 0.615. The van der Waals surface area contributed by atoms with Gasteiger partial charge in [0.2, 0.25) is 0 Å². The van der Waals surface area contributed by atoms with Crippen LogP contribution in [0.4, 0.5) is 0 Å². The summed E-state index contributed by atoms with van der Waals surface area (Å²) in [5.41, 5.74) is 1.45. The second-order valence-corrected chi connectivity index (χ2v) is 5.78. The summed E-state index contributed by atoms with van der Waals surface area (Å²) in [5.74, 6) is 1.31. The molecule has 3 heteroatoms. The summed E-state index contributed by atoms with van der Waals surface area (Å²) >= 11 is 1.67. The Bertz CT molecular complexity index is 384. The average molecular weight is 236 g/mol. The van der Waals surface area contributed by atoms with E-state index in [2.05, 4.69) is 6.07 Å². The van der Waals surface area contributed by atoms with Crippen molar-refractivity contribution in [2.45, 2.75) is 44.4 Å². The normalized spacial score (nSPS) is 26.6. The van der Waals surface area contributed by atoms with Gasteiger partial charge in [0.15, 0.2) is 0 Å². The van der Waals surface area contributed by atoms with E-state index >= 15 is 0 Å². The molecule has 4 rings (SSSR count). The lowest BCUT2D eigenvalue weighted by Crippen LogP contribution is -2.19. The maximum Gasteiger partial charge on any atom is 0.348 e. The van der Waals surface area contributed by atoms with Crippen molar-refractivity contribution in [2.75, 3.05) is 6.61 Å². The second-order valence-electron chi connectivity index (χ2n) is 4.70. The molecule has 1 fully saturated rings. The number of ether oxygens (including phenoxy) is 1. The zero-order valence-corrected chi connectivity index (χ0v) is 10.3. The van der Waals surface area contributed by atoms with Crippen LogP contribution in [0.25, 0.3) is 0 Å². The largest absolute Gasteiger partial charge is 0.462 e. The molecular weight excluding hydrogens is 220 g/mol.